The van der Waals surface area contributed by atoms with Crippen LogP contribution in [0.1, 0.15) is 17.2 Å². The molecule has 2 heterocycles. The maximum absolute atomic E-state index is 5.86. The van der Waals surface area contributed by atoms with E-state index in [0.29, 0.717) is 0 Å². The Bertz CT molecular complexity index is 554. The van der Waals surface area contributed by atoms with E-state index in [1.165, 1.54) is 22.3 Å². The number of pyridine rings is 1. The van der Waals surface area contributed by atoms with Gasteiger partial charge < -0.3 is 10.1 Å². The van der Waals surface area contributed by atoms with Crippen LogP contribution in [0.5, 0.6) is 0 Å². The van der Waals surface area contributed by atoms with E-state index in [1.54, 1.807) is 0 Å². The van der Waals surface area contributed by atoms with Gasteiger partial charge in [0.05, 0.1) is 12.7 Å². The first-order valence-corrected chi connectivity index (χ1v) is 6.68. The summed E-state index contributed by atoms with van der Waals surface area (Å²) in [5.74, 6) is 0. The summed E-state index contributed by atoms with van der Waals surface area (Å²) in [4.78, 5) is 4.22. The van der Waals surface area contributed by atoms with Crippen LogP contribution < -0.4 is 5.32 Å². The zero-order chi connectivity index (χ0) is 13.1. The van der Waals surface area contributed by atoms with E-state index < -0.39 is 0 Å². The SMILES string of the molecule is CNCC1OCCc2c(-c3cccnc3)cccc21. The standard InChI is InChI=1S/C16H18N2O/c1-17-11-16-15-6-2-5-13(14(15)7-9-19-16)12-4-3-8-18-10-12/h2-6,8,10,16-17H,7,9,11H2,1H3. The van der Waals surface area contributed by atoms with Gasteiger partial charge in [-0.1, -0.05) is 24.3 Å². The summed E-state index contributed by atoms with van der Waals surface area (Å²) in [6.07, 6.45) is 4.87. The molecule has 0 aliphatic carbocycles. The van der Waals surface area contributed by atoms with Crippen LogP contribution in [0.4, 0.5) is 0 Å². The number of rotatable bonds is 3. The smallest absolute Gasteiger partial charge is 0.0952 e. The van der Waals surface area contributed by atoms with Crippen molar-refractivity contribution in [2.45, 2.75) is 12.5 Å². The van der Waals surface area contributed by atoms with Crippen molar-refractivity contribution in [2.24, 2.45) is 0 Å². The van der Waals surface area contributed by atoms with Gasteiger partial charge in [0.2, 0.25) is 0 Å². The fraction of sp³-hybridized carbons (Fsp3) is 0.312. The van der Waals surface area contributed by atoms with Crippen LogP contribution in [0.2, 0.25) is 0 Å². The van der Waals surface area contributed by atoms with Gasteiger partial charge in [-0.15, -0.1) is 0 Å². The number of hydrogen-bond donors (Lipinski definition) is 1. The predicted molar refractivity (Wildman–Crippen MR) is 76.0 cm³/mol. The predicted octanol–water partition coefficient (Wildman–Crippen LogP) is 2.58. The Labute approximate surface area is 113 Å². The molecule has 3 nitrogen and oxygen atoms in total. The van der Waals surface area contributed by atoms with Crippen molar-refractivity contribution in [3.63, 3.8) is 0 Å². The Kier molecular flexibility index (Phi) is 3.58. The third-order valence-corrected chi connectivity index (χ3v) is 3.59. The van der Waals surface area contributed by atoms with E-state index in [0.717, 1.165) is 19.6 Å². The summed E-state index contributed by atoms with van der Waals surface area (Å²) < 4.78 is 5.86. The number of fused-ring (bicyclic) bond motifs is 1. The molecule has 1 aliphatic rings. The molecule has 19 heavy (non-hydrogen) atoms. The number of likely N-dealkylation sites (N-methyl/N-ethyl adjacent to an activating group) is 1. The van der Waals surface area contributed by atoms with Gasteiger partial charge in [-0.2, -0.15) is 0 Å². The summed E-state index contributed by atoms with van der Waals surface area (Å²) in [5, 5.41) is 3.20. The van der Waals surface area contributed by atoms with E-state index >= 15 is 0 Å². The highest BCUT2D eigenvalue weighted by molar-refractivity contribution is 5.68. The second kappa shape index (κ2) is 5.51. The molecule has 1 aliphatic heterocycles. The van der Waals surface area contributed by atoms with Crippen LogP contribution in [0.15, 0.2) is 42.7 Å². The van der Waals surface area contributed by atoms with Gasteiger partial charge in [0.25, 0.3) is 0 Å². The van der Waals surface area contributed by atoms with Crippen LogP contribution in [0.3, 0.4) is 0 Å². The van der Waals surface area contributed by atoms with Gasteiger partial charge in [0.15, 0.2) is 0 Å². The lowest BCUT2D eigenvalue weighted by molar-refractivity contribution is 0.0440. The Morgan fingerprint density at radius 2 is 2.26 bits per heavy atom. The minimum Gasteiger partial charge on any atom is -0.372 e. The van der Waals surface area contributed by atoms with Crippen LogP contribution in [-0.4, -0.2) is 25.2 Å². The third kappa shape index (κ3) is 2.39. The highest BCUT2D eigenvalue weighted by Crippen LogP contribution is 2.33. The topological polar surface area (TPSA) is 34.1 Å². The lowest BCUT2D eigenvalue weighted by atomic mass is 9.90. The molecular weight excluding hydrogens is 236 g/mol. The molecule has 0 spiro atoms. The molecule has 0 fully saturated rings. The molecule has 0 saturated carbocycles. The highest BCUT2D eigenvalue weighted by Gasteiger charge is 2.22. The molecule has 1 aromatic carbocycles. The number of aromatic nitrogens is 1. The summed E-state index contributed by atoms with van der Waals surface area (Å²) >= 11 is 0. The van der Waals surface area contributed by atoms with Crippen LogP contribution >= 0.6 is 0 Å². The lowest BCUT2D eigenvalue weighted by Crippen LogP contribution is -2.25. The zero-order valence-electron chi connectivity index (χ0n) is 11.1. The summed E-state index contributed by atoms with van der Waals surface area (Å²) in [6.45, 7) is 1.64. The molecule has 1 N–H and O–H groups in total. The van der Waals surface area contributed by atoms with E-state index in [-0.39, 0.29) is 6.10 Å². The molecular formula is C16H18N2O. The Hall–Kier alpha value is -1.71. The molecule has 0 radical (unpaired) electrons. The van der Waals surface area contributed by atoms with E-state index in [4.69, 9.17) is 4.74 Å². The first-order valence-electron chi connectivity index (χ1n) is 6.68. The van der Waals surface area contributed by atoms with Gasteiger partial charge in [-0.3, -0.25) is 4.98 Å². The molecule has 1 unspecified atom stereocenters. The van der Waals surface area contributed by atoms with Crippen LogP contribution in [-0.2, 0) is 11.2 Å². The number of ether oxygens (including phenoxy) is 1. The molecule has 1 aromatic heterocycles. The molecule has 2 aromatic rings. The van der Waals surface area contributed by atoms with E-state index in [2.05, 4.69) is 34.6 Å². The highest BCUT2D eigenvalue weighted by atomic mass is 16.5. The summed E-state index contributed by atoms with van der Waals surface area (Å²) in [7, 11) is 1.96. The second-order valence-corrected chi connectivity index (χ2v) is 4.78. The van der Waals surface area contributed by atoms with Crippen molar-refractivity contribution >= 4 is 0 Å². The van der Waals surface area contributed by atoms with Gasteiger partial charge in [0.1, 0.15) is 0 Å². The quantitative estimate of drug-likeness (QED) is 0.914. The lowest BCUT2D eigenvalue weighted by Gasteiger charge is -2.27. The Morgan fingerprint density at radius 1 is 1.32 bits per heavy atom. The maximum Gasteiger partial charge on any atom is 0.0952 e. The molecule has 0 bridgehead atoms. The molecule has 3 rings (SSSR count). The normalized spacial score (nSPS) is 18.1. The molecule has 0 amide bonds. The first-order chi connectivity index (χ1) is 9.40. The van der Waals surface area contributed by atoms with Crippen molar-refractivity contribution in [2.75, 3.05) is 20.2 Å². The van der Waals surface area contributed by atoms with E-state index in [9.17, 15) is 0 Å². The number of hydrogen-bond acceptors (Lipinski definition) is 3. The number of nitrogens with zero attached hydrogens (tertiary/aromatic N) is 1. The number of nitrogens with one attached hydrogen (secondary N) is 1. The average molecular weight is 254 g/mol. The molecule has 3 heteroatoms. The van der Waals surface area contributed by atoms with Gasteiger partial charge in [0, 0.05) is 24.5 Å². The van der Waals surface area contributed by atoms with Crippen molar-refractivity contribution in [1.29, 1.82) is 0 Å². The van der Waals surface area contributed by atoms with Crippen molar-refractivity contribution in [3.05, 3.63) is 53.9 Å². The van der Waals surface area contributed by atoms with E-state index in [1.807, 2.05) is 25.5 Å². The minimum atomic E-state index is 0.158. The fourth-order valence-electron chi connectivity index (χ4n) is 2.73. The minimum absolute atomic E-state index is 0.158. The van der Waals surface area contributed by atoms with Gasteiger partial charge in [-0.05, 0) is 36.2 Å². The van der Waals surface area contributed by atoms with Crippen molar-refractivity contribution in [1.82, 2.24) is 10.3 Å². The van der Waals surface area contributed by atoms with Crippen molar-refractivity contribution < 1.29 is 4.74 Å². The van der Waals surface area contributed by atoms with Gasteiger partial charge >= 0.3 is 0 Å². The maximum atomic E-state index is 5.86. The zero-order valence-corrected chi connectivity index (χ0v) is 11.1. The fourth-order valence-corrected chi connectivity index (χ4v) is 2.73. The summed E-state index contributed by atoms with van der Waals surface area (Å²) in [5.41, 5.74) is 5.18. The Morgan fingerprint density at radius 3 is 3.05 bits per heavy atom. The van der Waals surface area contributed by atoms with Crippen LogP contribution in [0, 0.1) is 0 Å². The first kappa shape index (κ1) is 12.3. The second-order valence-electron chi connectivity index (χ2n) is 4.78. The monoisotopic (exact) mass is 254 g/mol. The van der Waals surface area contributed by atoms with Crippen molar-refractivity contribution in [3.8, 4) is 11.1 Å². The summed E-state index contributed by atoms with van der Waals surface area (Å²) in [6, 6.07) is 10.6. The molecule has 98 valence electrons. The van der Waals surface area contributed by atoms with Gasteiger partial charge in [-0.25, -0.2) is 0 Å². The Balaban J connectivity index is 2.06. The third-order valence-electron chi connectivity index (χ3n) is 3.59. The molecule has 1 atom stereocenters. The largest absolute Gasteiger partial charge is 0.372 e. The average Bonchev–Trinajstić information content (AvgIpc) is 2.48. The van der Waals surface area contributed by atoms with Crippen LogP contribution in [0.25, 0.3) is 11.1 Å². The number of benzene rings is 1. The molecule has 0 saturated heterocycles.